The molecular weight excluding hydrogens is 364 g/mol. The smallest absolute Gasteiger partial charge is 0.269 e. The predicted octanol–water partition coefficient (Wildman–Crippen LogP) is -0.483. The third kappa shape index (κ3) is 3.66. The van der Waals surface area contributed by atoms with Crippen molar-refractivity contribution in [2.45, 2.75) is 17.7 Å². The Kier molecular flexibility index (Phi) is 4.29. The van der Waals surface area contributed by atoms with Crippen LogP contribution in [-0.4, -0.2) is 50.9 Å². The first-order valence-electron chi connectivity index (χ1n) is 6.20. The third-order valence-electron chi connectivity index (χ3n) is 2.48. The summed E-state index contributed by atoms with van der Waals surface area (Å²) in [4.78, 5) is 11.5. The molecular formula is C9H10N8O3S3. The fourth-order valence-corrected chi connectivity index (χ4v) is 4.41. The fourth-order valence-electron chi connectivity index (χ4n) is 1.58. The Labute approximate surface area is 137 Å². The van der Waals surface area contributed by atoms with Crippen LogP contribution in [0, 0.1) is 0 Å². The predicted molar refractivity (Wildman–Crippen MR) is 81.8 cm³/mol. The van der Waals surface area contributed by atoms with Gasteiger partial charge in [0.25, 0.3) is 10.0 Å². The maximum atomic E-state index is 12.1. The van der Waals surface area contributed by atoms with Gasteiger partial charge in [-0.25, -0.2) is 13.1 Å². The summed E-state index contributed by atoms with van der Waals surface area (Å²) in [5, 5.41) is 22.1. The maximum absolute atomic E-state index is 12.1. The van der Waals surface area contributed by atoms with Crippen LogP contribution in [0.4, 0.5) is 5.13 Å². The van der Waals surface area contributed by atoms with Crippen molar-refractivity contribution in [1.82, 2.24) is 34.7 Å². The van der Waals surface area contributed by atoms with Gasteiger partial charge in [-0.3, -0.25) is 4.79 Å². The molecule has 1 amide bonds. The maximum Gasteiger partial charge on any atom is 0.269 e. The minimum atomic E-state index is -3.78. The third-order valence-corrected chi connectivity index (χ3v) is 6.12. The number of hydrogen-bond acceptors (Lipinski definition) is 10. The molecule has 2 N–H and O–H groups in total. The molecule has 3 aromatic rings. The van der Waals surface area contributed by atoms with Crippen LogP contribution in [0.3, 0.4) is 0 Å². The number of aromatic nitrogens is 6. The van der Waals surface area contributed by atoms with Gasteiger partial charge >= 0.3 is 0 Å². The molecule has 0 saturated heterocycles. The minimum Gasteiger partial charge on any atom is -0.301 e. The van der Waals surface area contributed by atoms with Crippen LogP contribution in [0.15, 0.2) is 10.7 Å². The summed E-state index contributed by atoms with van der Waals surface area (Å²) in [6, 6.07) is 0. The fraction of sp³-hybridized carbons (Fsp3) is 0.333. The van der Waals surface area contributed by atoms with Gasteiger partial charge in [0.1, 0.15) is 11.3 Å². The number of anilines is 1. The Morgan fingerprint density at radius 2 is 2.13 bits per heavy atom. The van der Waals surface area contributed by atoms with Crippen LogP contribution >= 0.6 is 22.7 Å². The normalized spacial score (nSPS) is 11.9. The zero-order valence-electron chi connectivity index (χ0n) is 11.6. The van der Waals surface area contributed by atoms with E-state index in [0.717, 1.165) is 16.3 Å². The summed E-state index contributed by atoms with van der Waals surface area (Å²) in [6.07, 6.45) is 1.88. The van der Waals surface area contributed by atoms with E-state index in [9.17, 15) is 13.2 Å². The lowest BCUT2D eigenvalue weighted by Gasteiger charge is -2.01. The highest BCUT2D eigenvalue weighted by Gasteiger charge is 2.20. The Bertz CT molecular complexity index is 914. The van der Waals surface area contributed by atoms with Crippen molar-refractivity contribution in [2.24, 2.45) is 0 Å². The molecule has 3 heterocycles. The molecule has 0 atom stereocenters. The summed E-state index contributed by atoms with van der Waals surface area (Å²) in [5.74, 6) is -0.346. The molecule has 0 spiro atoms. The number of carbonyl (C=O) groups excluding carboxylic acids is 1. The number of amides is 1. The van der Waals surface area contributed by atoms with Crippen LogP contribution in [0.1, 0.15) is 11.9 Å². The molecule has 11 nitrogen and oxygen atoms in total. The number of hydrogen-bond donors (Lipinski definition) is 2. The average Bonchev–Trinajstić information content (AvgIpc) is 3.13. The van der Waals surface area contributed by atoms with Crippen LogP contribution in [-0.2, 0) is 21.2 Å². The molecule has 0 saturated carbocycles. The first kappa shape index (κ1) is 15.9. The van der Waals surface area contributed by atoms with Gasteiger partial charge in [-0.05, 0) is 0 Å². The average molecular weight is 374 g/mol. The molecule has 0 radical (unpaired) electrons. The van der Waals surface area contributed by atoms with Gasteiger partial charge in [-0.2, -0.15) is 9.61 Å². The van der Waals surface area contributed by atoms with E-state index in [1.165, 1.54) is 29.1 Å². The Balaban J connectivity index is 1.60. The number of fused-ring (bicyclic) bond motifs is 1. The van der Waals surface area contributed by atoms with Crippen molar-refractivity contribution in [3.8, 4) is 0 Å². The van der Waals surface area contributed by atoms with Crippen molar-refractivity contribution >= 4 is 48.7 Å². The van der Waals surface area contributed by atoms with Crippen molar-refractivity contribution in [1.29, 1.82) is 0 Å². The van der Waals surface area contributed by atoms with E-state index in [1.54, 1.807) is 0 Å². The van der Waals surface area contributed by atoms with Gasteiger partial charge in [0.2, 0.25) is 20.3 Å². The number of sulfonamides is 1. The molecule has 0 bridgehead atoms. The standard InChI is InChI=1S/C9H10N8O3S3/c1-5(18)12-7-13-15-9(22-7)23(19,20)11-3-2-6-16-17-4-10-14-8(17)21-6/h4,11H,2-3H2,1H3,(H,12,13,18). The van der Waals surface area contributed by atoms with Gasteiger partial charge in [-0.1, -0.05) is 22.7 Å². The van der Waals surface area contributed by atoms with Gasteiger partial charge in [0.15, 0.2) is 0 Å². The van der Waals surface area contributed by atoms with E-state index in [4.69, 9.17) is 0 Å². The first-order valence-corrected chi connectivity index (χ1v) is 9.32. The number of carbonyl (C=O) groups is 1. The summed E-state index contributed by atoms with van der Waals surface area (Å²) in [6.45, 7) is 1.45. The van der Waals surface area contributed by atoms with Crippen LogP contribution < -0.4 is 10.0 Å². The van der Waals surface area contributed by atoms with Gasteiger partial charge < -0.3 is 5.32 Å². The molecule has 0 aromatic carbocycles. The van der Waals surface area contributed by atoms with E-state index < -0.39 is 10.0 Å². The second kappa shape index (κ2) is 6.23. The summed E-state index contributed by atoms with van der Waals surface area (Å²) in [7, 11) is -3.78. The summed E-state index contributed by atoms with van der Waals surface area (Å²) in [5.41, 5.74) is 0. The van der Waals surface area contributed by atoms with E-state index >= 15 is 0 Å². The van der Waals surface area contributed by atoms with E-state index in [-0.39, 0.29) is 21.9 Å². The second-order valence-corrected chi connectivity index (χ2v) is 8.21. The molecule has 14 heteroatoms. The van der Waals surface area contributed by atoms with Crippen molar-refractivity contribution in [2.75, 3.05) is 11.9 Å². The largest absolute Gasteiger partial charge is 0.301 e. The zero-order valence-corrected chi connectivity index (χ0v) is 14.1. The number of nitrogens with zero attached hydrogens (tertiary/aromatic N) is 6. The molecule has 3 rings (SSSR count). The highest BCUT2D eigenvalue weighted by Crippen LogP contribution is 2.19. The van der Waals surface area contributed by atoms with Crippen LogP contribution in [0.25, 0.3) is 4.96 Å². The Morgan fingerprint density at radius 3 is 2.87 bits per heavy atom. The monoisotopic (exact) mass is 374 g/mol. The molecule has 122 valence electrons. The molecule has 0 fully saturated rings. The number of nitrogens with one attached hydrogen (secondary N) is 2. The zero-order chi connectivity index (χ0) is 16.4. The van der Waals surface area contributed by atoms with Crippen molar-refractivity contribution in [3.05, 3.63) is 11.3 Å². The van der Waals surface area contributed by atoms with Gasteiger partial charge in [-0.15, -0.1) is 20.4 Å². The lowest BCUT2D eigenvalue weighted by atomic mass is 10.5. The molecule has 23 heavy (non-hydrogen) atoms. The lowest BCUT2D eigenvalue weighted by Crippen LogP contribution is -2.26. The SMILES string of the molecule is CC(=O)Nc1nnc(S(=O)(=O)NCCc2nn3cnnc3s2)s1. The molecule has 3 aromatic heterocycles. The molecule has 0 aliphatic carbocycles. The molecule has 0 aliphatic heterocycles. The van der Waals surface area contributed by atoms with Crippen molar-refractivity contribution in [3.63, 3.8) is 0 Å². The van der Waals surface area contributed by atoms with Crippen molar-refractivity contribution < 1.29 is 13.2 Å². The highest BCUT2D eigenvalue weighted by molar-refractivity contribution is 7.91. The molecule has 0 unspecified atom stereocenters. The minimum absolute atomic E-state index is 0.131. The van der Waals surface area contributed by atoms with Crippen LogP contribution in [0.5, 0.6) is 0 Å². The van der Waals surface area contributed by atoms with Gasteiger partial charge in [0, 0.05) is 19.9 Å². The van der Waals surface area contributed by atoms with E-state index in [0.29, 0.717) is 11.4 Å². The summed E-state index contributed by atoms with van der Waals surface area (Å²) < 4.78 is 27.9. The van der Waals surface area contributed by atoms with E-state index in [2.05, 4.69) is 35.5 Å². The van der Waals surface area contributed by atoms with Gasteiger partial charge in [0.05, 0.1) is 0 Å². The first-order chi connectivity index (χ1) is 10.9. The Morgan fingerprint density at radius 1 is 1.30 bits per heavy atom. The quantitative estimate of drug-likeness (QED) is 0.550. The Hall–Kier alpha value is -2.03. The highest BCUT2D eigenvalue weighted by atomic mass is 32.2. The molecule has 0 aliphatic rings. The van der Waals surface area contributed by atoms with E-state index in [1.807, 2.05) is 0 Å². The van der Waals surface area contributed by atoms with Crippen LogP contribution in [0.2, 0.25) is 0 Å². The second-order valence-electron chi connectivity index (χ2n) is 4.26. The topological polar surface area (TPSA) is 144 Å². The lowest BCUT2D eigenvalue weighted by molar-refractivity contribution is -0.114. The summed E-state index contributed by atoms with van der Waals surface area (Å²) >= 11 is 2.11. The number of rotatable bonds is 6.